The average molecular weight is 484 g/mol. The van der Waals surface area contributed by atoms with Gasteiger partial charge in [0.1, 0.15) is 18.7 Å². The summed E-state index contributed by atoms with van der Waals surface area (Å²) in [7, 11) is -2.53. The Labute approximate surface area is 198 Å². The summed E-state index contributed by atoms with van der Waals surface area (Å²) in [4.78, 5) is 4.26. The van der Waals surface area contributed by atoms with Crippen LogP contribution in [-0.4, -0.2) is 45.6 Å². The van der Waals surface area contributed by atoms with Crippen LogP contribution in [0.3, 0.4) is 0 Å². The van der Waals surface area contributed by atoms with Crippen LogP contribution in [0.15, 0.2) is 75.0 Å². The van der Waals surface area contributed by atoms with Gasteiger partial charge in [-0.2, -0.15) is 0 Å². The number of nitrogens with zero attached hydrogens (tertiary/aromatic N) is 3. The topological polar surface area (TPSA) is 108 Å². The lowest BCUT2D eigenvalue weighted by Gasteiger charge is -2.23. The molecule has 9 nitrogen and oxygen atoms in total. The van der Waals surface area contributed by atoms with Crippen molar-refractivity contribution in [2.24, 2.45) is 0 Å². The van der Waals surface area contributed by atoms with Crippen molar-refractivity contribution in [1.29, 1.82) is 0 Å². The zero-order chi connectivity index (χ0) is 24.1. The highest BCUT2D eigenvalue weighted by Gasteiger charge is 2.32. The van der Waals surface area contributed by atoms with Gasteiger partial charge in [-0.25, -0.2) is 17.7 Å². The maximum atomic E-state index is 13.9. The molecule has 0 N–H and O–H groups in total. The minimum atomic E-state index is -4.08. The lowest BCUT2D eigenvalue weighted by Crippen LogP contribution is -2.34. The third-order valence-electron chi connectivity index (χ3n) is 5.38. The first-order chi connectivity index (χ1) is 16.4. The first kappa shape index (κ1) is 23.7. The highest BCUT2D eigenvalue weighted by Crippen LogP contribution is 2.34. The molecule has 0 amide bonds. The number of ether oxygens (including phenoxy) is 2. The summed E-state index contributed by atoms with van der Waals surface area (Å²) >= 11 is 0. The molecule has 4 aromatic rings. The molecule has 0 aliphatic rings. The van der Waals surface area contributed by atoms with E-state index in [4.69, 9.17) is 18.4 Å². The van der Waals surface area contributed by atoms with E-state index in [0.717, 1.165) is 15.4 Å². The fourth-order valence-corrected chi connectivity index (χ4v) is 4.94. The summed E-state index contributed by atoms with van der Waals surface area (Å²) in [6.45, 7) is 3.81. The third-order valence-corrected chi connectivity index (χ3v) is 7.14. The van der Waals surface area contributed by atoms with Gasteiger partial charge in [0.25, 0.3) is 10.0 Å². The van der Waals surface area contributed by atoms with Crippen LogP contribution in [0.5, 0.6) is 0 Å². The van der Waals surface area contributed by atoms with Crippen LogP contribution in [0.25, 0.3) is 22.4 Å². The van der Waals surface area contributed by atoms with Gasteiger partial charge in [0.15, 0.2) is 6.39 Å². The normalized spacial score (nSPS) is 11.6. The maximum Gasteiger partial charge on any atom is 0.269 e. The molecule has 34 heavy (non-hydrogen) atoms. The zero-order valence-electron chi connectivity index (χ0n) is 19.1. The molecule has 0 unspecified atom stereocenters. The molecule has 0 radical (unpaired) electrons. The number of sulfonamides is 1. The summed E-state index contributed by atoms with van der Waals surface area (Å²) in [6.07, 6.45) is 2.91. The quantitative estimate of drug-likeness (QED) is 0.241. The molecule has 0 bridgehead atoms. The van der Waals surface area contributed by atoms with Crippen molar-refractivity contribution in [2.45, 2.75) is 18.7 Å². The molecule has 2 aromatic heterocycles. The Hall–Kier alpha value is -3.47. The van der Waals surface area contributed by atoms with E-state index in [0.29, 0.717) is 29.1 Å². The minimum absolute atomic E-state index is 0.117. The van der Waals surface area contributed by atoms with Gasteiger partial charge < -0.3 is 18.4 Å². The predicted octanol–water partition coefficient (Wildman–Crippen LogP) is 4.43. The first-order valence-electron chi connectivity index (χ1n) is 10.5. The van der Waals surface area contributed by atoms with E-state index in [1.165, 1.54) is 6.39 Å². The molecule has 0 saturated heterocycles. The number of hydrogen-bond donors (Lipinski definition) is 0. The van der Waals surface area contributed by atoms with E-state index in [9.17, 15) is 8.42 Å². The van der Waals surface area contributed by atoms with E-state index in [2.05, 4.69) is 10.1 Å². The van der Waals surface area contributed by atoms with Gasteiger partial charge in [0.2, 0.25) is 5.88 Å². The number of rotatable bonds is 10. The lowest BCUT2D eigenvalue weighted by atomic mass is 10.0. The number of methoxy groups -OCH3 is 1. The summed E-state index contributed by atoms with van der Waals surface area (Å²) < 4.78 is 49.9. The van der Waals surface area contributed by atoms with Crippen LogP contribution in [0.2, 0.25) is 0 Å². The third kappa shape index (κ3) is 4.74. The maximum absolute atomic E-state index is 13.9. The number of aromatic nitrogens is 2. The fraction of sp³-hybridized carbons (Fsp3) is 0.250. The van der Waals surface area contributed by atoms with Crippen molar-refractivity contribution in [3.8, 4) is 22.4 Å². The van der Waals surface area contributed by atoms with Crippen LogP contribution in [0.1, 0.15) is 11.3 Å². The van der Waals surface area contributed by atoms with Crippen molar-refractivity contribution in [3.05, 3.63) is 72.4 Å². The van der Waals surface area contributed by atoms with Gasteiger partial charge >= 0.3 is 0 Å². The number of anilines is 1. The Morgan fingerprint density at radius 1 is 1.00 bits per heavy atom. The highest BCUT2D eigenvalue weighted by atomic mass is 32.2. The molecular weight excluding hydrogens is 458 g/mol. The summed E-state index contributed by atoms with van der Waals surface area (Å²) in [5.74, 6) is 0.117. The second kappa shape index (κ2) is 10.2. The SMILES string of the molecule is COCCOCN(c1onc(C)c1C)S(=O)(=O)c1ccccc1-c1ccc(-c2cocn2)cc1. The van der Waals surface area contributed by atoms with Gasteiger partial charge in [0.05, 0.1) is 23.8 Å². The van der Waals surface area contributed by atoms with Crippen molar-refractivity contribution in [1.82, 2.24) is 10.1 Å². The van der Waals surface area contributed by atoms with E-state index < -0.39 is 10.0 Å². The predicted molar refractivity (Wildman–Crippen MR) is 126 cm³/mol. The molecule has 0 spiro atoms. The number of hydrogen-bond acceptors (Lipinski definition) is 8. The van der Waals surface area contributed by atoms with Crippen LogP contribution in [0, 0.1) is 13.8 Å². The Balaban J connectivity index is 1.73. The molecule has 178 valence electrons. The molecule has 0 aliphatic carbocycles. The molecule has 0 fully saturated rings. The molecular formula is C24H25N3O6S. The standard InChI is InChI=1S/C24H25N3O6S/c1-17-18(2)26-33-24(17)27(16-31-13-12-30-3)34(28,29)23-7-5-4-6-21(23)19-8-10-20(11-9-19)22-14-32-15-25-22/h4-11,14-15H,12-13,16H2,1-3H3. The van der Waals surface area contributed by atoms with Crippen LogP contribution >= 0.6 is 0 Å². The van der Waals surface area contributed by atoms with Gasteiger partial charge in [-0.1, -0.05) is 47.6 Å². The second-order valence-corrected chi connectivity index (χ2v) is 9.36. The van der Waals surface area contributed by atoms with Gasteiger partial charge in [-0.3, -0.25) is 0 Å². The molecule has 4 rings (SSSR count). The lowest BCUT2D eigenvalue weighted by molar-refractivity contribution is 0.0744. The summed E-state index contributed by atoms with van der Waals surface area (Å²) in [5, 5.41) is 3.93. The van der Waals surface area contributed by atoms with Crippen molar-refractivity contribution in [2.75, 3.05) is 31.4 Å². The van der Waals surface area contributed by atoms with Crippen molar-refractivity contribution in [3.63, 3.8) is 0 Å². The van der Waals surface area contributed by atoms with Crippen LogP contribution < -0.4 is 4.31 Å². The first-order valence-corrected chi connectivity index (χ1v) is 12.0. The van der Waals surface area contributed by atoms with Gasteiger partial charge in [-0.05, 0) is 25.5 Å². The Bertz CT molecular complexity index is 1330. The Morgan fingerprint density at radius 3 is 2.38 bits per heavy atom. The second-order valence-electron chi connectivity index (χ2n) is 7.53. The molecule has 0 aliphatic heterocycles. The Morgan fingerprint density at radius 2 is 1.74 bits per heavy atom. The summed E-state index contributed by atoms with van der Waals surface area (Å²) in [5.41, 5.74) is 4.06. The molecule has 2 heterocycles. The van der Waals surface area contributed by atoms with Crippen molar-refractivity contribution < 1.29 is 26.8 Å². The Kier molecular flexibility index (Phi) is 7.11. The van der Waals surface area contributed by atoms with Gasteiger partial charge in [-0.15, -0.1) is 0 Å². The van der Waals surface area contributed by atoms with E-state index >= 15 is 0 Å². The number of oxazole rings is 1. The van der Waals surface area contributed by atoms with E-state index in [1.54, 1.807) is 51.5 Å². The monoisotopic (exact) mass is 483 g/mol. The molecule has 0 atom stereocenters. The van der Waals surface area contributed by atoms with Crippen LogP contribution in [0.4, 0.5) is 5.88 Å². The molecule has 2 aromatic carbocycles. The minimum Gasteiger partial charge on any atom is -0.451 e. The smallest absolute Gasteiger partial charge is 0.269 e. The number of aryl methyl sites for hydroxylation is 1. The van der Waals surface area contributed by atoms with E-state index in [-0.39, 0.29) is 24.1 Å². The molecule has 10 heteroatoms. The summed E-state index contributed by atoms with van der Waals surface area (Å²) in [6, 6.07) is 14.2. The highest BCUT2D eigenvalue weighted by molar-refractivity contribution is 7.93. The largest absolute Gasteiger partial charge is 0.451 e. The molecule has 0 saturated carbocycles. The average Bonchev–Trinajstić information content (AvgIpc) is 3.50. The van der Waals surface area contributed by atoms with Gasteiger partial charge in [0, 0.05) is 23.8 Å². The zero-order valence-corrected chi connectivity index (χ0v) is 19.9. The van der Waals surface area contributed by atoms with Crippen LogP contribution in [-0.2, 0) is 19.5 Å². The van der Waals surface area contributed by atoms with Crippen molar-refractivity contribution >= 4 is 15.9 Å². The fourth-order valence-electron chi connectivity index (χ4n) is 3.39. The van der Waals surface area contributed by atoms with E-state index in [1.807, 2.05) is 24.3 Å². The number of benzene rings is 2.